The summed E-state index contributed by atoms with van der Waals surface area (Å²) in [7, 11) is 0. The third kappa shape index (κ3) is 3.91. The first-order valence-corrected chi connectivity index (χ1v) is 6.90. The average Bonchev–Trinajstić information content (AvgIpc) is 2.46. The molecule has 6 heteroatoms. The summed E-state index contributed by atoms with van der Waals surface area (Å²) in [5.41, 5.74) is 0. The van der Waals surface area contributed by atoms with Crippen LogP contribution in [0.25, 0.3) is 0 Å². The minimum atomic E-state index is -0.390. The van der Waals surface area contributed by atoms with Crippen LogP contribution in [0, 0.1) is 5.92 Å². The maximum absolute atomic E-state index is 12.1. The number of morpholine rings is 1. The molecule has 2 aliphatic heterocycles. The van der Waals surface area contributed by atoms with Crippen LogP contribution in [0.15, 0.2) is 0 Å². The van der Waals surface area contributed by atoms with Gasteiger partial charge in [-0.25, -0.2) is 4.79 Å². The van der Waals surface area contributed by atoms with Gasteiger partial charge in [0.25, 0.3) is 0 Å². The average molecular weight is 270 g/mol. The lowest BCUT2D eigenvalue weighted by molar-refractivity contribution is -0.120. The summed E-state index contributed by atoms with van der Waals surface area (Å²) < 4.78 is 10.5. The Bertz CT molecular complexity index is 323. The third-order valence-corrected chi connectivity index (χ3v) is 3.75. The molecule has 1 N–H and O–H groups in total. The highest BCUT2D eigenvalue weighted by molar-refractivity contribution is 5.87. The molecule has 0 spiro atoms. The van der Waals surface area contributed by atoms with Crippen molar-refractivity contribution < 1.29 is 19.1 Å². The number of Topliss-reactive ketones (excluding diaryl/α,β-unsaturated/α-hetero) is 1. The monoisotopic (exact) mass is 270 g/mol. The Labute approximate surface area is 113 Å². The summed E-state index contributed by atoms with van der Waals surface area (Å²) in [6, 6.07) is -0.547. The quantitative estimate of drug-likeness (QED) is 0.806. The number of rotatable bonds is 3. The van der Waals surface area contributed by atoms with E-state index in [1.54, 1.807) is 11.8 Å². The number of carbonyl (C=O) groups excluding carboxylic acids is 2. The van der Waals surface area contributed by atoms with Gasteiger partial charge in [-0.3, -0.25) is 4.79 Å². The topological polar surface area (TPSA) is 67.9 Å². The number of hydrogen-bond donors (Lipinski definition) is 1. The molecule has 2 amide bonds. The van der Waals surface area contributed by atoms with Crippen molar-refractivity contribution in [3.05, 3.63) is 0 Å². The predicted octanol–water partition coefficient (Wildman–Crippen LogP) is 0.412. The van der Waals surface area contributed by atoms with Crippen molar-refractivity contribution >= 4 is 11.8 Å². The van der Waals surface area contributed by atoms with E-state index in [0.717, 1.165) is 12.8 Å². The van der Waals surface area contributed by atoms with Crippen LogP contribution in [0.2, 0.25) is 0 Å². The van der Waals surface area contributed by atoms with E-state index in [9.17, 15) is 9.59 Å². The molecule has 2 rings (SSSR count). The number of carbonyl (C=O) groups is 2. The van der Waals surface area contributed by atoms with Gasteiger partial charge in [-0.1, -0.05) is 0 Å². The molecule has 0 aromatic carbocycles. The SMILES string of the molecule is CC(=O)[C@@H](NC(=O)N1CCOCC1)C1CCOCC1. The molecule has 0 bridgehead atoms. The Hall–Kier alpha value is -1.14. The maximum Gasteiger partial charge on any atom is 0.318 e. The zero-order valence-corrected chi connectivity index (χ0v) is 11.4. The van der Waals surface area contributed by atoms with Crippen molar-refractivity contribution in [1.82, 2.24) is 10.2 Å². The Morgan fingerprint density at radius 1 is 1.11 bits per heavy atom. The van der Waals surface area contributed by atoms with Gasteiger partial charge < -0.3 is 19.7 Å². The Balaban J connectivity index is 1.91. The molecule has 1 atom stereocenters. The van der Waals surface area contributed by atoms with Crippen LogP contribution >= 0.6 is 0 Å². The molecule has 6 nitrogen and oxygen atoms in total. The van der Waals surface area contributed by atoms with Crippen molar-refractivity contribution in [3.63, 3.8) is 0 Å². The first-order valence-electron chi connectivity index (χ1n) is 6.90. The van der Waals surface area contributed by atoms with E-state index in [1.807, 2.05) is 0 Å². The number of amides is 2. The second-order valence-corrected chi connectivity index (χ2v) is 5.09. The fourth-order valence-corrected chi connectivity index (χ4v) is 2.59. The van der Waals surface area contributed by atoms with E-state index >= 15 is 0 Å². The normalized spacial score (nSPS) is 22.9. The molecule has 0 saturated carbocycles. The van der Waals surface area contributed by atoms with Gasteiger partial charge in [-0.05, 0) is 25.7 Å². The van der Waals surface area contributed by atoms with Crippen molar-refractivity contribution in [2.75, 3.05) is 39.5 Å². The van der Waals surface area contributed by atoms with Gasteiger partial charge in [0, 0.05) is 26.3 Å². The van der Waals surface area contributed by atoms with Gasteiger partial charge in [0.1, 0.15) is 0 Å². The van der Waals surface area contributed by atoms with Gasteiger partial charge in [0.05, 0.1) is 19.3 Å². The van der Waals surface area contributed by atoms with E-state index in [0.29, 0.717) is 39.5 Å². The summed E-state index contributed by atoms with van der Waals surface area (Å²) >= 11 is 0. The molecule has 2 saturated heterocycles. The van der Waals surface area contributed by atoms with Crippen LogP contribution in [-0.2, 0) is 14.3 Å². The maximum atomic E-state index is 12.1. The van der Waals surface area contributed by atoms with E-state index < -0.39 is 0 Å². The molecule has 2 fully saturated rings. The van der Waals surface area contributed by atoms with Gasteiger partial charge in [-0.2, -0.15) is 0 Å². The standard InChI is InChI=1S/C13H22N2O4/c1-10(16)12(11-2-6-18-7-3-11)14-13(17)15-4-8-19-9-5-15/h11-12H,2-9H2,1H3,(H,14,17)/t12-/m1/s1. The van der Waals surface area contributed by atoms with Gasteiger partial charge in [-0.15, -0.1) is 0 Å². The summed E-state index contributed by atoms with van der Waals surface area (Å²) in [4.78, 5) is 25.6. The lowest BCUT2D eigenvalue weighted by atomic mass is 9.89. The van der Waals surface area contributed by atoms with Crippen molar-refractivity contribution in [2.45, 2.75) is 25.8 Å². The highest BCUT2D eigenvalue weighted by Gasteiger charge is 2.30. The van der Waals surface area contributed by atoms with E-state index in [2.05, 4.69) is 5.32 Å². The summed E-state index contributed by atoms with van der Waals surface area (Å²) in [6.07, 6.45) is 1.65. The first kappa shape index (κ1) is 14.3. The lowest BCUT2D eigenvalue weighted by Crippen LogP contribution is -2.53. The predicted molar refractivity (Wildman–Crippen MR) is 68.9 cm³/mol. The fourth-order valence-electron chi connectivity index (χ4n) is 2.59. The molecule has 2 heterocycles. The summed E-state index contributed by atoms with van der Waals surface area (Å²) in [6.45, 7) is 5.18. The molecular weight excluding hydrogens is 248 g/mol. The van der Waals surface area contributed by atoms with Crippen LogP contribution < -0.4 is 5.32 Å². The molecule has 19 heavy (non-hydrogen) atoms. The second-order valence-electron chi connectivity index (χ2n) is 5.09. The number of urea groups is 1. The Morgan fingerprint density at radius 3 is 2.26 bits per heavy atom. The molecule has 108 valence electrons. The van der Waals surface area contributed by atoms with Crippen LogP contribution in [0.1, 0.15) is 19.8 Å². The highest BCUT2D eigenvalue weighted by Crippen LogP contribution is 2.19. The Morgan fingerprint density at radius 2 is 1.68 bits per heavy atom. The molecule has 0 aromatic heterocycles. The smallest absolute Gasteiger partial charge is 0.318 e. The van der Waals surface area contributed by atoms with Crippen molar-refractivity contribution in [2.24, 2.45) is 5.92 Å². The van der Waals surface area contributed by atoms with Crippen LogP contribution in [0.5, 0.6) is 0 Å². The number of nitrogens with zero attached hydrogens (tertiary/aromatic N) is 1. The molecule has 0 unspecified atom stereocenters. The van der Waals surface area contributed by atoms with Gasteiger partial charge >= 0.3 is 6.03 Å². The van der Waals surface area contributed by atoms with Crippen LogP contribution in [0.3, 0.4) is 0 Å². The molecular formula is C13H22N2O4. The number of hydrogen-bond acceptors (Lipinski definition) is 4. The molecule has 2 aliphatic rings. The Kier molecular flexibility index (Phi) is 5.15. The lowest BCUT2D eigenvalue weighted by Gasteiger charge is -2.33. The van der Waals surface area contributed by atoms with Crippen LogP contribution in [-0.4, -0.2) is 62.3 Å². The minimum absolute atomic E-state index is 0.0218. The molecule has 0 aromatic rings. The van der Waals surface area contributed by atoms with Crippen LogP contribution in [0.4, 0.5) is 4.79 Å². The number of ketones is 1. The zero-order chi connectivity index (χ0) is 13.7. The highest BCUT2D eigenvalue weighted by atomic mass is 16.5. The molecule has 0 radical (unpaired) electrons. The number of nitrogens with one attached hydrogen (secondary N) is 1. The third-order valence-electron chi connectivity index (χ3n) is 3.75. The summed E-state index contributed by atoms with van der Waals surface area (Å²) in [5, 5.41) is 2.88. The van der Waals surface area contributed by atoms with Gasteiger partial charge in [0.15, 0.2) is 5.78 Å². The summed E-state index contributed by atoms with van der Waals surface area (Å²) in [5.74, 6) is 0.213. The van der Waals surface area contributed by atoms with Crippen molar-refractivity contribution in [3.8, 4) is 0 Å². The largest absolute Gasteiger partial charge is 0.381 e. The zero-order valence-electron chi connectivity index (χ0n) is 11.4. The fraction of sp³-hybridized carbons (Fsp3) is 0.846. The first-order chi connectivity index (χ1) is 9.18. The van der Waals surface area contributed by atoms with E-state index in [-0.39, 0.29) is 23.8 Å². The van der Waals surface area contributed by atoms with E-state index in [4.69, 9.17) is 9.47 Å². The number of ether oxygens (including phenoxy) is 2. The van der Waals surface area contributed by atoms with E-state index in [1.165, 1.54) is 0 Å². The minimum Gasteiger partial charge on any atom is -0.381 e. The second kappa shape index (κ2) is 6.86. The molecule has 0 aliphatic carbocycles. The van der Waals surface area contributed by atoms with Crippen molar-refractivity contribution in [1.29, 1.82) is 0 Å². The van der Waals surface area contributed by atoms with Gasteiger partial charge in [0.2, 0.25) is 0 Å².